The first-order chi connectivity index (χ1) is 7.45. The normalized spacial score (nSPS) is 21.6. The van der Waals surface area contributed by atoms with Gasteiger partial charge in [-0.1, -0.05) is 13.8 Å². The highest BCUT2D eigenvalue weighted by atomic mass is 19.1. The number of halogens is 1. The molecule has 2 rings (SSSR count). The lowest BCUT2D eigenvalue weighted by molar-refractivity contribution is 0.0952. The SMILES string of the molecule is COc1ccc(C(=O)C2CC2(C)C)cc1F. The Morgan fingerprint density at radius 1 is 1.50 bits per heavy atom. The Hall–Kier alpha value is -1.38. The zero-order chi connectivity index (χ0) is 11.9. The lowest BCUT2D eigenvalue weighted by Crippen LogP contribution is -2.07. The first-order valence-corrected chi connectivity index (χ1v) is 5.33. The number of hydrogen-bond acceptors (Lipinski definition) is 2. The zero-order valence-corrected chi connectivity index (χ0v) is 9.71. The highest BCUT2D eigenvalue weighted by molar-refractivity contribution is 6.00. The average Bonchev–Trinajstić information content (AvgIpc) is 2.86. The molecule has 1 saturated carbocycles. The largest absolute Gasteiger partial charge is 0.494 e. The van der Waals surface area contributed by atoms with E-state index in [1.807, 2.05) is 0 Å². The molecule has 0 amide bonds. The molecule has 0 aromatic heterocycles. The van der Waals surface area contributed by atoms with E-state index < -0.39 is 5.82 Å². The zero-order valence-electron chi connectivity index (χ0n) is 9.71. The molecule has 2 nitrogen and oxygen atoms in total. The molecule has 1 unspecified atom stereocenters. The number of benzene rings is 1. The fraction of sp³-hybridized carbons (Fsp3) is 0.462. The molecular weight excluding hydrogens is 207 g/mol. The number of hydrogen-bond donors (Lipinski definition) is 0. The Bertz CT molecular complexity index is 438. The van der Waals surface area contributed by atoms with Crippen LogP contribution in [0, 0.1) is 17.2 Å². The minimum absolute atomic E-state index is 0.0338. The Balaban J connectivity index is 2.22. The van der Waals surface area contributed by atoms with E-state index in [1.54, 1.807) is 6.07 Å². The van der Waals surface area contributed by atoms with Crippen LogP contribution in [0.4, 0.5) is 4.39 Å². The first kappa shape index (κ1) is 11.1. The van der Waals surface area contributed by atoms with E-state index in [1.165, 1.54) is 19.2 Å². The fourth-order valence-electron chi connectivity index (χ4n) is 1.94. The quantitative estimate of drug-likeness (QED) is 0.735. The summed E-state index contributed by atoms with van der Waals surface area (Å²) in [6.45, 7) is 4.10. The van der Waals surface area contributed by atoms with Gasteiger partial charge in [-0.15, -0.1) is 0 Å². The summed E-state index contributed by atoms with van der Waals surface area (Å²) in [6.07, 6.45) is 0.888. The van der Waals surface area contributed by atoms with Crippen molar-refractivity contribution in [2.24, 2.45) is 11.3 Å². The van der Waals surface area contributed by atoms with Crippen molar-refractivity contribution in [3.8, 4) is 5.75 Å². The van der Waals surface area contributed by atoms with E-state index in [9.17, 15) is 9.18 Å². The standard InChI is InChI=1S/C13H15FO2/c1-13(2)7-9(13)12(15)8-4-5-11(16-3)10(14)6-8/h4-6,9H,7H2,1-3H3. The third-order valence-electron chi connectivity index (χ3n) is 3.27. The van der Waals surface area contributed by atoms with E-state index >= 15 is 0 Å². The summed E-state index contributed by atoms with van der Waals surface area (Å²) in [5, 5.41) is 0. The summed E-state index contributed by atoms with van der Waals surface area (Å²) in [5.74, 6) is -0.231. The van der Waals surface area contributed by atoms with Crippen LogP contribution in [0.3, 0.4) is 0 Å². The van der Waals surface area contributed by atoms with Gasteiger partial charge in [-0.2, -0.15) is 0 Å². The molecule has 1 aliphatic carbocycles. The van der Waals surface area contributed by atoms with Gasteiger partial charge < -0.3 is 4.74 Å². The second-order valence-electron chi connectivity index (χ2n) is 4.96. The summed E-state index contributed by atoms with van der Waals surface area (Å²) in [4.78, 5) is 12.0. The van der Waals surface area contributed by atoms with Crippen LogP contribution in [-0.4, -0.2) is 12.9 Å². The minimum Gasteiger partial charge on any atom is -0.494 e. The van der Waals surface area contributed by atoms with Crippen LogP contribution in [-0.2, 0) is 0 Å². The van der Waals surface area contributed by atoms with Crippen LogP contribution in [0.5, 0.6) is 5.75 Å². The third kappa shape index (κ3) is 1.82. The lowest BCUT2D eigenvalue weighted by Gasteiger charge is -2.05. The molecule has 0 aliphatic heterocycles. The van der Waals surface area contributed by atoms with E-state index in [-0.39, 0.29) is 22.9 Å². The van der Waals surface area contributed by atoms with Gasteiger partial charge in [0.15, 0.2) is 17.3 Å². The molecule has 3 heteroatoms. The van der Waals surface area contributed by atoms with Crippen LogP contribution in [0.25, 0.3) is 0 Å². The maximum atomic E-state index is 13.4. The van der Waals surface area contributed by atoms with Crippen molar-refractivity contribution in [3.05, 3.63) is 29.6 Å². The number of ether oxygens (including phenoxy) is 1. The molecule has 1 aliphatic rings. The molecule has 1 aromatic rings. The molecule has 1 atom stereocenters. The molecule has 0 spiro atoms. The smallest absolute Gasteiger partial charge is 0.166 e. The van der Waals surface area contributed by atoms with E-state index in [0.717, 1.165) is 6.42 Å². The van der Waals surface area contributed by atoms with Gasteiger partial charge in [0.2, 0.25) is 0 Å². The van der Waals surface area contributed by atoms with Gasteiger partial charge in [-0.05, 0) is 30.0 Å². The number of Topliss-reactive ketones (excluding diaryl/α,β-unsaturated/α-hetero) is 1. The van der Waals surface area contributed by atoms with E-state index in [2.05, 4.69) is 13.8 Å². The van der Waals surface area contributed by atoms with E-state index in [0.29, 0.717) is 5.56 Å². The topological polar surface area (TPSA) is 26.3 Å². The molecule has 16 heavy (non-hydrogen) atoms. The summed E-state index contributed by atoms with van der Waals surface area (Å²) in [7, 11) is 1.41. The first-order valence-electron chi connectivity index (χ1n) is 5.33. The second-order valence-corrected chi connectivity index (χ2v) is 4.96. The summed E-state index contributed by atoms with van der Waals surface area (Å²) in [5.41, 5.74) is 0.516. The Kier molecular flexibility index (Phi) is 2.49. The molecular formula is C13H15FO2. The van der Waals surface area contributed by atoms with Crippen molar-refractivity contribution in [2.45, 2.75) is 20.3 Å². The molecule has 0 N–H and O–H groups in total. The molecule has 1 aromatic carbocycles. The van der Waals surface area contributed by atoms with Crippen molar-refractivity contribution < 1.29 is 13.9 Å². The molecule has 0 heterocycles. The van der Waals surface area contributed by atoms with Gasteiger partial charge in [0.1, 0.15) is 0 Å². The molecule has 86 valence electrons. The highest BCUT2D eigenvalue weighted by Crippen LogP contribution is 2.53. The average molecular weight is 222 g/mol. The van der Waals surface area contributed by atoms with Crippen molar-refractivity contribution in [3.63, 3.8) is 0 Å². The number of methoxy groups -OCH3 is 1. The third-order valence-corrected chi connectivity index (χ3v) is 3.27. The fourth-order valence-corrected chi connectivity index (χ4v) is 1.94. The Labute approximate surface area is 94.4 Å². The van der Waals surface area contributed by atoms with Gasteiger partial charge in [0, 0.05) is 11.5 Å². The van der Waals surface area contributed by atoms with Gasteiger partial charge in [-0.3, -0.25) is 4.79 Å². The molecule has 0 radical (unpaired) electrons. The molecule has 0 bridgehead atoms. The monoisotopic (exact) mass is 222 g/mol. The van der Waals surface area contributed by atoms with Crippen LogP contribution >= 0.6 is 0 Å². The van der Waals surface area contributed by atoms with Crippen molar-refractivity contribution in [1.29, 1.82) is 0 Å². The van der Waals surface area contributed by atoms with Crippen LogP contribution < -0.4 is 4.74 Å². The van der Waals surface area contributed by atoms with Gasteiger partial charge in [0.25, 0.3) is 0 Å². The van der Waals surface area contributed by atoms with Crippen molar-refractivity contribution in [2.75, 3.05) is 7.11 Å². The lowest BCUT2D eigenvalue weighted by atomic mass is 10.0. The highest BCUT2D eigenvalue weighted by Gasteiger charge is 2.50. The maximum Gasteiger partial charge on any atom is 0.166 e. The Morgan fingerprint density at radius 3 is 2.56 bits per heavy atom. The van der Waals surface area contributed by atoms with Gasteiger partial charge >= 0.3 is 0 Å². The number of carbonyl (C=O) groups is 1. The Morgan fingerprint density at radius 2 is 2.12 bits per heavy atom. The second kappa shape index (κ2) is 3.58. The van der Waals surface area contributed by atoms with Gasteiger partial charge in [-0.25, -0.2) is 4.39 Å². The summed E-state index contributed by atoms with van der Waals surface area (Å²) >= 11 is 0. The summed E-state index contributed by atoms with van der Waals surface area (Å²) < 4.78 is 18.2. The number of rotatable bonds is 3. The molecule has 1 fully saturated rings. The summed E-state index contributed by atoms with van der Waals surface area (Å²) in [6, 6.07) is 4.38. The van der Waals surface area contributed by atoms with E-state index in [4.69, 9.17) is 4.74 Å². The number of ketones is 1. The predicted molar refractivity (Wildman–Crippen MR) is 59.2 cm³/mol. The van der Waals surface area contributed by atoms with Crippen molar-refractivity contribution >= 4 is 5.78 Å². The van der Waals surface area contributed by atoms with Gasteiger partial charge in [0.05, 0.1) is 7.11 Å². The maximum absolute atomic E-state index is 13.4. The van der Waals surface area contributed by atoms with Crippen LogP contribution in [0.1, 0.15) is 30.6 Å². The van der Waals surface area contributed by atoms with Crippen LogP contribution in [0.15, 0.2) is 18.2 Å². The predicted octanol–water partition coefficient (Wildman–Crippen LogP) is 3.06. The van der Waals surface area contributed by atoms with Crippen molar-refractivity contribution in [1.82, 2.24) is 0 Å². The minimum atomic E-state index is -0.480. The number of carbonyl (C=O) groups excluding carboxylic acids is 1. The van der Waals surface area contributed by atoms with Crippen LogP contribution in [0.2, 0.25) is 0 Å². The molecule has 0 saturated heterocycles.